The molecule has 0 aliphatic heterocycles. The molecule has 0 bridgehead atoms. The van der Waals surface area contributed by atoms with Crippen molar-refractivity contribution in [2.75, 3.05) is 0 Å². The molecular weight excluding hydrogens is 278 g/mol. The number of hydrogen-bond acceptors (Lipinski definition) is 3. The van der Waals surface area contributed by atoms with Gasteiger partial charge in [-0.25, -0.2) is 0 Å². The SMILES string of the molecule is CCCn1cc(C(=O)N[C@@H](C)[C@H](O)c2ccccc2)c(C)n1. The molecule has 0 saturated heterocycles. The summed E-state index contributed by atoms with van der Waals surface area (Å²) < 4.78 is 1.78. The number of benzene rings is 1. The molecule has 1 amide bonds. The molecule has 0 unspecified atom stereocenters. The lowest BCUT2D eigenvalue weighted by Gasteiger charge is -2.20. The van der Waals surface area contributed by atoms with Crippen LogP contribution < -0.4 is 5.32 Å². The number of aliphatic hydroxyl groups is 1. The third kappa shape index (κ3) is 3.74. The summed E-state index contributed by atoms with van der Waals surface area (Å²) in [7, 11) is 0. The maximum absolute atomic E-state index is 12.4. The van der Waals surface area contributed by atoms with E-state index >= 15 is 0 Å². The zero-order chi connectivity index (χ0) is 16.1. The Hall–Kier alpha value is -2.14. The quantitative estimate of drug-likeness (QED) is 0.861. The minimum atomic E-state index is -0.740. The molecule has 1 aromatic carbocycles. The van der Waals surface area contributed by atoms with Crippen LogP contribution in [0.2, 0.25) is 0 Å². The lowest BCUT2D eigenvalue weighted by atomic mass is 10.0. The van der Waals surface area contributed by atoms with Crippen LogP contribution in [-0.4, -0.2) is 26.8 Å². The molecule has 5 nitrogen and oxygen atoms in total. The number of carbonyl (C=O) groups excluding carboxylic acids is 1. The van der Waals surface area contributed by atoms with Gasteiger partial charge in [-0.05, 0) is 25.8 Å². The van der Waals surface area contributed by atoms with Crippen molar-refractivity contribution in [2.45, 2.75) is 45.9 Å². The molecule has 0 aliphatic carbocycles. The van der Waals surface area contributed by atoms with E-state index in [1.807, 2.05) is 37.3 Å². The third-order valence-corrected chi connectivity index (χ3v) is 3.62. The molecule has 0 saturated carbocycles. The van der Waals surface area contributed by atoms with Gasteiger partial charge in [0.1, 0.15) is 0 Å². The zero-order valence-electron chi connectivity index (χ0n) is 13.3. The van der Waals surface area contributed by atoms with Crippen LogP contribution in [0.15, 0.2) is 36.5 Å². The van der Waals surface area contributed by atoms with Gasteiger partial charge in [0.15, 0.2) is 0 Å². The summed E-state index contributed by atoms with van der Waals surface area (Å²) in [6, 6.07) is 8.93. The summed E-state index contributed by atoms with van der Waals surface area (Å²) in [5, 5.41) is 17.5. The predicted octanol–water partition coefficient (Wildman–Crippen LogP) is 2.45. The van der Waals surface area contributed by atoms with E-state index in [0.717, 1.165) is 18.5 Å². The van der Waals surface area contributed by atoms with E-state index in [4.69, 9.17) is 0 Å². The van der Waals surface area contributed by atoms with E-state index in [2.05, 4.69) is 17.3 Å². The molecule has 2 N–H and O–H groups in total. The lowest BCUT2D eigenvalue weighted by molar-refractivity contribution is 0.0851. The van der Waals surface area contributed by atoms with Crippen molar-refractivity contribution in [1.82, 2.24) is 15.1 Å². The van der Waals surface area contributed by atoms with Gasteiger partial charge in [0.25, 0.3) is 5.91 Å². The van der Waals surface area contributed by atoms with E-state index in [1.165, 1.54) is 0 Å². The zero-order valence-corrected chi connectivity index (χ0v) is 13.3. The van der Waals surface area contributed by atoms with E-state index in [1.54, 1.807) is 17.8 Å². The number of aromatic nitrogens is 2. The fourth-order valence-corrected chi connectivity index (χ4v) is 2.39. The topological polar surface area (TPSA) is 67.2 Å². The van der Waals surface area contributed by atoms with Gasteiger partial charge in [-0.3, -0.25) is 9.48 Å². The second kappa shape index (κ2) is 7.22. The normalized spacial score (nSPS) is 13.6. The second-order valence-electron chi connectivity index (χ2n) is 5.51. The Balaban J connectivity index is 2.05. The highest BCUT2D eigenvalue weighted by atomic mass is 16.3. The minimum absolute atomic E-state index is 0.206. The van der Waals surface area contributed by atoms with Crippen molar-refractivity contribution in [3.05, 3.63) is 53.3 Å². The molecular formula is C17H23N3O2. The molecule has 0 radical (unpaired) electrons. The van der Waals surface area contributed by atoms with Crippen LogP contribution in [0.1, 0.15) is 48.0 Å². The van der Waals surface area contributed by atoms with Crippen molar-refractivity contribution in [1.29, 1.82) is 0 Å². The van der Waals surface area contributed by atoms with Crippen molar-refractivity contribution in [2.24, 2.45) is 0 Å². The molecule has 0 fully saturated rings. The first kappa shape index (κ1) is 16.2. The van der Waals surface area contributed by atoms with E-state index in [-0.39, 0.29) is 11.9 Å². The summed E-state index contributed by atoms with van der Waals surface area (Å²) in [5.74, 6) is -0.206. The third-order valence-electron chi connectivity index (χ3n) is 3.62. The molecule has 1 heterocycles. The summed E-state index contributed by atoms with van der Waals surface area (Å²) >= 11 is 0. The summed E-state index contributed by atoms with van der Waals surface area (Å²) in [6.07, 6.45) is 1.98. The van der Waals surface area contributed by atoms with E-state index in [9.17, 15) is 9.90 Å². The average Bonchev–Trinajstić information content (AvgIpc) is 2.88. The van der Waals surface area contributed by atoms with Gasteiger partial charge in [-0.1, -0.05) is 37.3 Å². The Morgan fingerprint density at radius 2 is 2.05 bits per heavy atom. The first-order valence-electron chi connectivity index (χ1n) is 7.60. The second-order valence-corrected chi connectivity index (χ2v) is 5.51. The van der Waals surface area contributed by atoms with Crippen molar-refractivity contribution < 1.29 is 9.90 Å². The highest BCUT2D eigenvalue weighted by molar-refractivity contribution is 5.95. The number of aliphatic hydroxyl groups excluding tert-OH is 1. The molecule has 2 aromatic rings. The van der Waals surface area contributed by atoms with Crippen LogP contribution in [0, 0.1) is 6.92 Å². The first-order valence-corrected chi connectivity index (χ1v) is 7.60. The van der Waals surface area contributed by atoms with Crippen LogP contribution >= 0.6 is 0 Å². The Bertz CT molecular complexity index is 622. The fourth-order valence-electron chi connectivity index (χ4n) is 2.39. The highest BCUT2D eigenvalue weighted by Crippen LogP contribution is 2.17. The Kier molecular flexibility index (Phi) is 5.33. The van der Waals surface area contributed by atoms with Gasteiger partial charge < -0.3 is 10.4 Å². The number of rotatable bonds is 6. The summed E-state index contributed by atoms with van der Waals surface area (Å²) in [6.45, 7) is 6.46. The smallest absolute Gasteiger partial charge is 0.255 e. The minimum Gasteiger partial charge on any atom is -0.386 e. The van der Waals surface area contributed by atoms with Crippen LogP contribution in [-0.2, 0) is 6.54 Å². The monoisotopic (exact) mass is 301 g/mol. The molecule has 5 heteroatoms. The molecule has 0 aliphatic rings. The van der Waals surface area contributed by atoms with Gasteiger partial charge in [-0.2, -0.15) is 5.10 Å². The van der Waals surface area contributed by atoms with Crippen LogP contribution in [0.5, 0.6) is 0 Å². The van der Waals surface area contributed by atoms with Crippen LogP contribution in [0.3, 0.4) is 0 Å². The maximum atomic E-state index is 12.4. The molecule has 0 spiro atoms. The Labute approximate surface area is 131 Å². The highest BCUT2D eigenvalue weighted by Gasteiger charge is 2.21. The molecule has 1 aromatic heterocycles. The van der Waals surface area contributed by atoms with Gasteiger partial charge in [0, 0.05) is 12.7 Å². The average molecular weight is 301 g/mol. The van der Waals surface area contributed by atoms with Crippen molar-refractivity contribution in [3.8, 4) is 0 Å². The summed E-state index contributed by atoms with van der Waals surface area (Å²) in [5.41, 5.74) is 2.04. The maximum Gasteiger partial charge on any atom is 0.255 e. The number of hydrogen-bond donors (Lipinski definition) is 2. The lowest BCUT2D eigenvalue weighted by Crippen LogP contribution is -2.37. The fraction of sp³-hybridized carbons (Fsp3) is 0.412. The van der Waals surface area contributed by atoms with Gasteiger partial charge >= 0.3 is 0 Å². The number of amides is 1. The first-order chi connectivity index (χ1) is 10.5. The largest absolute Gasteiger partial charge is 0.386 e. The number of carbonyl (C=O) groups is 1. The van der Waals surface area contributed by atoms with Crippen LogP contribution in [0.25, 0.3) is 0 Å². The van der Waals surface area contributed by atoms with Crippen molar-refractivity contribution in [3.63, 3.8) is 0 Å². The number of nitrogens with zero attached hydrogens (tertiary/aromatic N) is 2. The molecule has 2 atom stereocenters. The standard InChI is InChI=1S/C17H23N3O2/c1-4-10-20-11-15(12(2)19-20)17(22)18-13(3)16(21)14-8-6-5-7-9-14/h5-9,11,13,16,21H,4,10H2,1-3H3,(H,18,22)/t13-,16-/m0/s1. The van der Waals surface area contributed by atoms with Crippen molar-refractivity contribution >= 4 is 5.91 Å². The Morgan fingerprint density at radius 3 is 2.68 bits per heavy atom. The van der Waals surface area contributed by atoms with Gasteiger partial charge in [0.05, 0.1) is 23.4 Å². The molecule has 22 heavy (non-hydrogen) atoms. The molecule has 2 rings (SSSR count). The van der Waals surface area contributed by atoms with Gasteiger partial charge in [0.2, 0.25) is 0 Å². The van der Waals surface area contributed by atoms with E-state index in [0.29, 0.717) is 11.3 Å². The Morgan fingerprint density at radius 1 is 1.36 bits per heavy atom. The van der Waals surface area contributed by atoms with Gasteiger partial charge in [-0.15, -0.1) is 0 Å². The number of aryl methyl sites for hydroxylation is 2. The van der Waals surface area contributed by atoms with E-state index < -0.39 is 6.10 Å². The number of nitrogens with one attached hydrogen (secondary N) is 1. The summed E-state index contributed by atoms with van der Waals surface area (Å²) in [4.78, 5) is 12.4. The predicted molar refractivity (Wildman–Crippen MR) is 85.6 cm³/mol. The van der Waals surface area contributed by atoms with Crippen LogP contribution in [0.4, 0.5) is 0 Å². The molecule has 118 valence electrons.